The Morgan fingerprint density at radius 2 is 1.93 bits per heavy atom. The summed E-state index contributed by atoms with van der Waals surface area (Å²) in [6.45, 7) is 2.17. The number of aromatic nitrogens is 2. The van der Waals surface area contributed by atoms with Gasteiger partial charge in [0.15, 0.2) is 11.5 Å². The van der Waals surface area contributed by atoms with Gasteiger partial charge in [-0.3, -0.25) is 14.2 Å². The molecule has 2 heterocycles. The van der Waals surface area contributed by atoms with Gasteiger partial charge in [0.2, 0.25) is 5.91 Å². The smallest absolute Gasteiger partial charge is 0.262 e. The van der Waals surface area contributed by atoms with Crippen LogP contribution in [0.3, 0.4) is 0 Å². The number of nitrogens with zero attached hydrogens (tertiary/aromatic N) is 2. The number of amides is 1. The number of carbonyl (C=O) groups excluding carboxylic acids is 1. The number of thiophene rings is 1. The third-order valence-electron chi connectivity index (χ3n) is 5.53. The minimum atomic E-state index is -0.176. The zero-order valence-corrected chi connectivity index (χ0v) is 18.2. The Kier molecular flexibility index (Phi) is 5.76. The number of hydrogen-bond donors (Lipinski definition) is 1. The molecular formula is C22H25N3O4S. The van der Waals surface area contributed by atoms with Gasteiger partial charge in [-0.1, -0.05) is 0 Å². The third-order valence-corrected chi connectivity index (χ3v) is 6.73. The van der Waals surface area contributed by atoms with Crippen LogP contribution in [0, 0.1) is 6.92 Å². The van der Waals surface area contributed by atoms with Gasteiger partial charge in [0.25, 0.3) is 5.56 Å². The highest BCUT2D eigenvalue weighted by Gasteiger charge is 2.20. The number of anilines is 1. The molecule has 0 saturated carbocycles. The van der Waals surface area contributed by atoms with Crippen molar-refractivity contribution < 1.29 is 14.3 Å². The Hall–Kier alpha value is -2.87. The van der Waals surface area contributed by atoms with E-state index in [9.17, 15) is 9.59 Å². The molecule has 1 aliphatic carbocycles. The molecule has 1 amide bonds. The Bertz CT molecular complexity index is 1170. The Balaban J connectivity index is 1.50. The summed E-state index contributed by atoms with van der Waals surface area (Å²) in [4.78, 5) is 32.1. The van der Waals surface area contributed by atoms with Crippen LogP contribution in [0.4, 0.5) is 5.69 Å². The maximum absolute atomic E-state index is 13.0. The maximum Gasteiger partial charge on any atom is 0.262 e. The zero-order chi connectivity index (χ0) is 21.3. The van der Waals surface area contributed by atoms with Crippen molar-refractivity contribution in [3.63, 3.8) is 0 Å². The van der Waals surface area contributed by atoms with E-state index < -0.39 is 0 Å². The normalized spacial score (nSPS) is 13.2. The molecule has 3 aromatic rings. The monoisotopic (exact) mass is 427 g/mol. The molecule has 8 heteroatoms. The molecule has 1 aliphatic rings. The van der Waals surface area contributed by atoms with Crippen LogP contribution in [0.1, 0.15) is 35.3 Å². The lowest BCUT2D eigenvalue weighted by atomic mass is 9.97. The number of fused-ring (bicyclic) bond motifs is 3. The van der Waals surface area contributed by atoms with E-state index in [1.165, 1.54) is 16.9 Å². The molecule has 0 fully saturated rings. The first-order chi connectivity index (χ1) is 14.5. The van der Waals surface area contributed by atoms with E-state index in [0.29, 0.717) is 17.2 Å². The molecular weight excluding hydrogens is 402 g/mol. The molecule has 0 aliphatic heterocycles. The van der Waals surface area contributed by atoms with Crippen molar-refractivity contribution >= 4 is 33.1 Å². The maximum atomic E-state index is 13.0. The molecule has 0 atom stereocenters. The summed E-state index contributed by atoms with van der Waals surface area (Å²) < 4.78 is 12.1. The summed E-state index contributed by atoms with van der Waals surface area (Å²) in [7, 11) is 3.13. The van der Waals surface area contributed by atoms with Crippen molar-refractivity contribution in [2.75, 3.05) is 19.5 Å². The van der Waals surface area contributed by atoms with Gasteiger partial charge in [-0.2, -0.15) is 0 Å². The molecule has 0 bridgehead atoms. The lowest BCUT2D eigenvalue weighted by molar-refractivity contribution is -0.116. The first kappa shape index (κ1) is 20.4. The predicted octanol–water partition coefficient (Wildman–Crippen LogP) is 3.69. The van der Waals surface area contributed by atoms with Crippen LogP contribution in [0.2, 0.25) is 0 Å². The van der Waals surface area contributed by atoms with Crippen molar-refractivity contribution in [3.05, 3.63) is 44.8 Å². The van der Waals surface area contributed by atoms with Crippen LogP contribution >= 0.6 is 11.3 Å². The Morgan fingerprint density at radius 3 is 2.70 bits per heavy atom. The largest absolute Gasteiger partial charge is 0.493 e. The van der Waals surface area contributed by atoms with Gasteiger partial charge < -0.3 is 14.8 Å². The summed E-state index contributed by atoms with van der Waals surface area (Å²) in [6, 6.07) is 3.56. The van der Waals surface area contributed by atoms with Crippen molar-refractivity contribution in [2.24, 2.45) is 0 Å². The number of nitrogens with one attached hydrogen (secondary N) is 1. The quantitative estimate of drug-likeness (QED) is 0.649. The van der Waals surface area contributed by atoms with Gasteiger partial charge in [0.05, 0.1) is 25.9 Å². The van der Waals surface area contributed by atoms with Crippen molar-refractivity contribution in [1.82, 2.24) is 9.55 Å². The second-order valence-corrected chi connectivity index (χ2v) is 8.54. The molecule has 4 rings (SSSR count). The van der Waals surface area contributed by atoms with E-state index in [2.05, 4.69) is 10.3 Å². The molecule has 30 heavy (non-hydrogen) atoms. The van der Waals surface area contributed by atoms with Gasteiger partial charge >= 0.3 is 0 Å². The van der Waals surface area contributed by atoms with Crippen molar-refractivity contribution in [1.29, 1.82) is 0 Å². The van der Waals surface area contributed by atoms with Gasteiger partial charge in [0, 0.05) is 29.6 Å². The van der Waals surface area contributed by atoms with E-state index in [1.807, 2.05) is 13.0 Å². The van der Waals surface area contributed by atoms with Gasteiger partial charge in [-0.15, -0.1) is 11.3 Å². The summed E-state index contributed by atoms with van der Waals surface area (Å²) in [5, 5.41) is 3.64. The van der Waals surface area contributed by atoms with Crippen LogP contribution in [0.25, 0.3) is 10.2 Å². The summed E-state index contributed by atoms with van der Waals surface area (Å²) in [5.41, 5.74) is 2.64. The summed E-state index contributed by atoms with van der Waals surface area (Å²) in [6.07, 6.45) is 5.98. The van der Waals surface area contributed by atoms with Crippen molar-refractivity contribution in [2.45, 2.75) is 45.6 Å². The fourth-order valence-corrected chi connectivity index (χ4v) is 5.11. The van der Waals surface area contributed by atoms with E-state index in [1.54, 1.807) is 42.5 Å². The number of ether oxygens (including phenoxy) is 2. The first-order valence-corrected chi connectivity index (χ1v) is 10.9. The van der Waals surface area contributed by atoms with Crippen LogP contribution in [-0.4, -0.2) is 29.7 Å². The molecule has 0 saturated heterocycles. The fraction of sp³-hybridized carbons (Fsp3) is 0.409. The van der Waals surface area contributed by atoms with Gasteiger partial charge in [-0.25, -0.2) is 4.98 Å². The SMILES string of the molecule is COc1cc(C)c(NC(=O)CCn2cnc3sc4c(c3c2=O)CCCC4)cc1OC. The topological polar surface area (TPSA) is 82.5 Å². The van der Waals surface area contributed by atoms with Crippen LogP contribution in [0.5, 0.6) is 11.5 Å². The first-order valence-electron chi connectivity index (χ1n) is 10.0. The average Bonchev–Trinajstić information content (AvgIpc) is 3.13. The minimum absolute atomic E-state index is 0.0468. The lowest BCUT2D eigenvalue weighted by Crippen LogP contribution is -2.24. The van der Waals surface area contributed by atoms with Crippen molar-refractivity contribution in [3.8, 4) is 11.5 Å². The number of carbonyl (C=O) groups is 1. The van der Waals surface area contributed by atoms with E-state index in [0.717, 1.165) is 35.0 Å². The van der Waals surface area contributed by atoms with E-state index >= 15 is 0 Å². The van der Waals surface area contributed by atoms with E-state index in [4.69, 9.17) is 9.47 Å². The van der Waals surface area contributed by atoms with Crippen LogP contribution < -0.4 is 20.3 Å². The highest BCUT2D eigenvalue weighted by molar-refractivity contribution is 7.18. The molecule has 0 spiro atoms. The number of methoxy groups -OCH3 is 2. The second-order valence-electron chi connectivity index (χ2n) is 7.45. The number of benzene rings is 1. The summed E-state index contributed by atoms with van der Waals surface area (Å²) >= 11 is 1.63. The zero-order valence-electron chi connectivity index (χ0n) is 17.4. The van der Waals surface area contributed by atoms with E-state index in [-0.39, 0.29) is 24.4 Å². The predicted molar refractivity (Wildman–Crippen MR) is 118 cm³/mol. The molecule has 158 valence electrons. The molecule has 0 radical (unpaired) electrons. The molecule has 2 aromatic heterocycles. The van der Waals surface area contributed by atoms with Gasteiger partial charge in [-0.05, 0) is 49.8 Å². The Labute approximate surface area is 178 Å². The highest BCUT2D eigenvalue weighted by atomic mass is 32.1. The lowest BCUT2D eigenvalue weighted by Gasteiger charge is -2.14. The van der Waals surface area contributed by atoms with Crippen LogP contribution in [-0.2, 0) is 24.2 Å². The highest BCUT2D eigenvalue weighted by Crippen LogP contribution is 2.34. The average molecular weight is 428 g/mol. The third kappa shape index (κ3) is 3.79. The number of aryl methyl sites for hydroxylation is 4. The molecule has 1 aromatic carbocycles. The molecule has 7 nitrogen and oxygen atoms in total. The minimum Gasteiger partial charge on any atom is -0.493 e. The second kappa shape index (κ2) is 8.47. The number of rotatable bonds is 6. The standard InChI is InChI=1S/C22H25N3O4S/c1-13-10-16(28-2)17(29-3)11-15(13)24-19(26)8-9-25-12-23-21-20(22(25)27)14-6-4-5-7-18(14)30-21/h10-12H,4-9H2,1-3H3,(H,24,26). The fourth-order valence-electron chi connectivity index (χ4n) is 3.89. The molecule has 0 unspecified atom stereocenters. The van der Waals surface area contributed by atoms with Crippen LogP contribution in [0.15, 0.2) is 23.3 Å². The molecule has 1 N–H and O–H groups in total. The Morgan fingerprint density at radius 1 is 1.20 bits per heavy atom. The van der Waals surface area contributed by atoms with Gasteiger partial charge in [0.1, 0.15) is 4.83 Å². The summed E-state index contributed by atoms with van der Waals surface area (Å²) in [5.74, 6) is 0.981. The number of hydrogen-bond acceptors (Lipinski definition) is 6.